The van der Waals surface area contributed by atoms with Crippen LogP contribution in [-0.2, 0) is 15.2 Å². The van der Waals surface area contributed by atoms with Crippen molar-refractivity contribution < 1.29 is 14.6 Å². The molecule has 102 valence electrons. The largest absolute Gasteiger partial charge is 0.672 e. The van der Waals surface area contributed by atoms with Gasteiger partial charge in [0, 0.05) is 25.4 Å². The first-order valence-corrected chi connectivity index (χ1v) is 5.79. The van der Waals surface area contributed by atoms with E-state index in [1.165, 1.54) is 11.0 Å². The van der Waals surface area contributed by atoms with Crippen LogP contribution in [0.15, 0.2) is 11.5 Å². The number of hydrogen-bond acceptors (Lipinski definition) is 8. The highest BCUT2D eigenvalue weighted by molar-refractivity contribution is 6.12. The molecule has 1 aliphatic heterocycles. The molecular formula is C9H13N7O3. The number of hydrogen-bond donors (Lipinski definition) is 2. The standard InChI is InChI=1S/C9H13N7O3/c10-9(19-13-1-2-17)5-8(9,7-3-11-4-7)15-6-12-14-16(15)18/h1-2,6-7,11H,3-5,10H2. The van der Waals surface area contributed by atoms with Crippen molar-refractivity contribution in [3.05, 3.63) is 11.5 Å². The zero-order chi connectivity index (χ0) is 13.5. The van der Waals surface area contributed by atoms with Crippen molar-refractivity contribution in [2.24, 2.45) is 16.8 Å². The third-order valence-corrected chi connectivity index (χ3v) is 3.82. The van der Waals surface area contributed by atoms with Crippen LogP contribution in [0.5, 0.6) is 0 Å². The average Bonchev–Trinajstić information content (AvgIpc) is 2.67. The number of nitrogens with one attached hydrogen (secondary N) is 1. The molecule has 0 bridgehead atoms. The van der Waals surface area contributed by atoms with Gasteiger partial charge in [-0.1, -0.05) is 5.16 Å². The minimum Gasteiger partial charge on any atom is -0.672 e. The Morgan fingerprint density at radius 1 is 1.68 bits per heavy atom. The molecule has 2 unspecified atom stereocenters. The molecule has 2 aliphatic rings. The van der Waals surface area contributed by atoms with Gasteiger partial charge in [0.05, 0.1) is 5.10 Å². The molecule has 3 rings (SSSR count). The van der Waals surface area contributed by atoms with Crippen LogP contribution in [0.3, 0.4) is 0 Å². The van der Waals surface area contributed by atoms with E-state index >= 15 is 0 Å². The van der Waals surface area contributed by atoms with Gasteiger partial charge in [-0.3, -0.25) is 10.5 Å². The van der Waals surface area contributed by atoms with E-state index < -0.39 is 11.3 Å². The Morgan fingerprint density at radius 3 is 3.00 bits per heavy atom. The molecule has 1 aliphatic carbocycles. The average molecular weight is 267 g/mol. The molecule has 1 saturated carbocycles. The lowest BCUT2D eigenvalue weighted by Gasteiger charge is -2.35. The number of aldehydes is 1. The molecule has 1 saturated heterocycles. The van der Waals surface area contributed by atoms with E-state index in [0.717, 1.165) is 19.3 Å². The molecule has 0 radical (unpaired) electrons. The third-order valence-electron chi connectivity index (χ3n) is 3.82. The fraction of sp³-hybridized carbons (Fsp3) is 0.667. The number of aromatic nitrogens is 4. The Hall–Kier alpha value is -2.07. The van der Waals surface area contributed by atoms with Crippen LogP contribution in [0.2, 0.25) is 0 Å². The first kappa shape index (κ1) is 12.0. The number of rotatable bonds is 5. The normalized spacial score (nSPS) is 34.2. The van der Waals surface area contributed by atoms with Crippen molar-refractivity contribution in [1.82, 2.24) is 20.3 Å². The van der Waals surface area contributed by atoms with E-state index in [-0.39, 0.29) is 5.92 Å². The number of tetrazole rings is 1. The summed E-state index contributed by atoms with van der Waals surface area (Å²) in [5.74, 6) is 0.125. The lowest BCUT2D eigenvalue weighted by molar-refractivity contribution is -0.758. The molecule has 2 fully saturated rings. The molecule has 0 spiro atoms. The zero-order valence-electron chi connectivity index (χ0n) is 9.97. The highest BCUT2D eigenvalue weighted by Gasteiger charge is 2.77. The maximum atomic E-state index is 11.6. The van der Waals surface area contributed by atoms with Gasteiger partial charge in [-0.15, -0.1) is 4.68 Å². The topological polar surface area (TPSA) is 134 Å². The Kier molecular flexibility index (Phi) is 2.50. The van der Waals surface area contributed by atoms with Crippen LogP contribution in [0, 0.1) is 11.1 Å². The molecule has 10 heteroatoms. The number of oxime groups is 1. The SMILES string of the molecule is NC1(ON=CC=O)CC1(C1CNC1)n1cnn[n+]1[O-]. The van der Waals surface area contributed by atoms with Crippen molar-refractivity contribution in [3.8, 4) is 0 Å². The summed E-state index contributed by atoms with van der Waals surface area (Å²) in [6, 6.07) is 0. The van der Waals surface area contributed by atoms with E-state index in [0.29, 0.717) is 17.7 Å². The van der Waals surface area contributed by atoms with Crippen LogP contribution < -0.4 is 16.0 Å². The molecule has 2 heterocycles. The van der Waals surface area contributed by atoms with Gasteiger partial charge in [-0.25, -0.2) is 0 Å². The van der Waals surface area contributed by atoms with E-state index in [1.807, 2.05) is 0 Å². The van der Waals surface area contributed by atoms with Gasteiger partial charge in [-0.2, -0.15) is 0 Å². The lowest BCUT2D eigenvalue weighted by Crippen LogP contribution is -2.60. The molecule has 3 N–H and O–H groups in total. The van der Waals surface area contributed by atoms with Crippen molar-refractivity contribution in [3.63, 3.8) is 0 Å². The van der Waals surface area contributed by atoms with E-state index in [4.69, 9.17) is 10.6 Å². The predicted molar refractivity (Wildman–Crippen MR) is 60.5 cm³/mol. The number of nitrogens with two attached hydrogens (primary N) is 1. The second kappa shape index (κ2) is 3.96. The van der Waals surface area contributed by atoms with Crippen molar-refractivity contribution in [2.75, 3.05) is 13.1 Å². The van der Waals surface area contributed by atoms with Gasteiger partial charge in [0.25, 0.3) is 6.33 Å². The molecule has 0 aromatic carbocycles. The van der Waals surface area contributed by atoms with Gasteiger partial charge in [-0.05, 0) is 4.96 Å². The Labute approximate surface area is 107 Å². The number of nitrogens with zero attached hydrogens (tertiary/aromatic N) is 5. The van der Waals surface area contributed by atoms with Crippen LogP contribution >= 0.6 is 0 Å². The van der Waals surface area contributed by atoms with Crippen LogP contribution in [0.4, 0.5) is 0 Å². The second-order valence-corrected chi connectivity index (χ2v) is 4.75. The Bertz CT molecular complexity index is 528. The zero-order valence-corrected chi connectivity index (χ0v) is 9.97. The van der Waals surface area contributed by atoms with Gasteiger partial charge in [0.15, 0.2) is 17.0 Å². The molecule has 0 amide bonds. The maximum absolute atomic E-state index is 11.6. The molecular weight excluding hydrogens is 254 g/mol. The fourth-order valence-corrected chi connectivity index (χ4v) is 2.65. The van der Waals surface area contributed by atoms with E-state index in [2.05, 4.69) is 20.8 Å². The Balaban J connectivity index is 1.91. The fourth-order valence-electron chi connectivity index (χ4n) is 2.65. The second-order valence-electron chi connectivity index (χ2n) is 4.75. The van der Waals surface area contributed by atoms with Gasteiger partial charge >= 0.3 is 0 Å². The van der Waals surface area contributed by atoms with Crippen LogP contribution in [0.1, 0.15) is 6.42 Å². The molecule has 10 nitrogen and oxygen atoms in total. The van der Waals surface area contributed by atoms with Crippen molar-refractivity contribution in [2.45, 2.75) is 17.7 Å². The summed E-state index contributed by atoms with van der Waals surface area (Å²) in [6.45, 7) is 1.44. The minimum absolute atomic E-state index is 0.125. The predicted octanol–water partition coefficient (Wildman–Crippen LogP) is -2.91. The highest BCUT2D eigenvalue weighted by atomic mass is 16.7. The summed E-state index contributed by atoms with van der Waals surface area (Å²) < 4.78 is 1.33. The quantitative estimate of drug-likeness (QED) is 0.146. The molecule has 1 aromatic heterocycles. The summed E-state index contributed by atoms with van der Waals surface area (Å²) in [4.78, 5) is 15.8. The minimum atomic E-state index is -1.13. The summed E-state index contributed by atoms with van der Waals surface area (Å²) >= 11 is 0. The smallest absolute Gasteiger partial charge is 0.273 e. The Morgan fingerprint density at radius 2 is 2.47 bits per heavy atom. The van der Waals surface area contributed by atoms with Gasteiger partial charge < -0.3 is 15.4 Å². The molecule has 19 heavy (non-hydrogen) atoms. The maximum Gasteiger partial charge on any atom is 0.273 e. The highest BCUT2D eigenvalue weighted by Crippen LogP contribution is 2.58. The number of carbonyl (C=O) groups excluding carboxylic acids is 1. The van der Waals surface area contributed by atoms with E-state index in [1.54, 1.807) is 0 Å². The van der Waals surface area contributed by atoms with E-state index in [9.17, 15) is 10.0 Å². The van der Waals surface area contributed by atoms with Crippen LogP contribution in [0.25, 0.3) is 0 Å². The van der Waals surface area contributed by atoms with Crippen LogP contribution in [-0.4, -0.2) is 46.3 Å². The summed E-state index contributed by atoms with van der Waals surface area (Å²) in [5, 5.41) is 25.2. The first-order valence-electron chi connectivity index (χ1n) is 5.79. The molecule has 2 atom stereocenters. The third kappa shape index (κ3) is 1.53. The summed E-state index contributed by atoms with van der Waals surface area (Å²) in [7, 11) is 0. The summed E-state index contributed by atoms with van der Waals surface area (Å²) in [6.07, 6.45) is 3.19. The first-order chi connectivity index (χ1) is 9.14. The lowest BCUT2D eigenvalue weighted by atomic mass is 9.90. The van der Waals surface area contributed by atoms with Crippen molar-refractivity contribution in [1.29, 1.82) is 0 Å². The van der Waals surface area contributed by atoms with Gasteiger partial charge in [0.1, 0.15) is 6.21 Å². The van der Waals surface area contributed by atoms with Gasteiger partial charge in [0.2, 0.25) is 5.72 Å². The number of carbonyl (C=O) groups is 1. The monoisotopic (exact) mass is 267 g/mol. The molecule has 1 aromatic rings. The summed E-state index contributed by atoms with van der Waals surface area (Å²) in [5.41, 5.74) is 4.27. The van der Waals surface area contributed by atoms with Crippen molar-refractivity contribution >= 4 is 12.5 Å².